The molecule has 22 heavy (non-hydrogen) atoms. The summed E-state index contributed by atoms with van der Waals surface area (Å²) < 4.78 is 5.23. The van der Waals surface area contributed by atoms with E-state index in [-0.39, 0.29) is 17.7 Å². The van der Waals surface area contributed by atoms with Crippen LogP contribution in [0.2, 0.25) is 10.0 Å². The van der Waals surface area contributed by atoms with Gasteiger partial charge in [0.1, 0.15) is 6.04 Å². The smallest absolute Gasteiger partial charge is 0.323 e. The highest BCUT2D eigenvalue weighted by molar-refractivity contribution is 6.42. The summed E-state index contributed by atoms with van der Waals surface area (Å²) in [5, 5.41) is 4.63. The number of esters is 1. The number of carbonyl (C=O) groups is 1. The molecular weight excluding hydrogens is 323 g/mol. The summed E-state index contributed by atoms with van der Waals surface area (Å²) >= 11 is 12.1. The van der Waals surface area contributed by atoms with Crippen molar-refractivity contribution in [1.29, 1.82) is 0 Å². The fraction of sp³-hybridized carbons (Fsp3) is 0.562. The first-order valence-electron chi connectivity index (χ1n) is 7.59. The molecule has 2 aliphatic rings. The van der Waals surface area contributed by atoms with E-state index >= 15 is 0 Å². The number of benzene rings is 1. The Labute approximate surface area is 140 Å². The summed E-state index contributed by atoms with van der Waals surface area (Å²) in [6.45, 7) is 2.26. The summed E-state index contributed by atoms with van der Waals surface area (Å²) in [6, 6.07) is 5.37. The van der Waals surface area contributed by atoms with Crippen molar-refractivity contribution < 1.29 is 9.53 Å². The summed E-state index contributed by atoms with van der Waals surface area (Å²) in [7, 11) is 1.99. The Morgan fingerprint density at radius 3 is 2.91 bits per heavy atom. The average molecular weight is 343 g/mol. The second kappa shape index (κ2) is 5.91. The zero-order valence-electron chi connectivity index (χ0n) is 12.7. The third-order valence-electron chi connectivity index (χ3n) is 4.89. The lowest BCUT2D eigenvalue weighted by Gasteiger charge is -2.40. The van der Waals surface area contributed by atoms with E-state index in [1.807, 2.05) is 26.1 Å². The molecule has 3 atom stereocenters. The molecule has 0 radical (unpaired) electrons. The minimum Gasteiger partial charge on any atom is -0.465 e. The van der Waals surface area contributed by atoms with Gasteiger partial charge in [-0.2, -0.15) is 0 Å². The number of anilines is 1. The van der Waals surface area contributed by atoms with Crippen LogP contribution in [-0.2, 0) is 9.53 Å². The molecule has 1 N–H and O–H groups in total. The number of halogens is 2. The van der Waals surface area contributed by atoms with Gasteiger partial charge in [-0.05, 0) is 57.4 Å². The van der Waals surface area contributed by atoms with E-state index in [0.717, 1.165) is 24.9 Å². The van der Waals surface area contributed by atoms with Crippen LogP contribution in [0.4, 0.5) is 5.69 Å². The Hall–Kier alpha value is -0.970. The third kappa shape index (κ3) is 2.57. The number of nitrogens with one attached hydrogen (secondary N) is 1. The molecule has 1 saturated carbocycles. The van der Waals surface area contributed by atoms with Gasteiger partial charge in [0.15, 0.2) is 0 Å². The first-order chi connectivity index (χ1) is 10.5. The first kappa shape index (κ1) is 15.9. The number of piperidine rings is 1. The monoisotopic (exact) mass is 342 g/mol. The van der Waals surface area contributed by atoms with Gasteiger partial charge in [0.2, 0.25) is 0 Å². The van der Waals surface area contributed by atoms with E-state index in [9.17, 15) is 4.79 Å². The molecule has 3 rings (SSSR count). The maximum Gasteiger partial charge on any atom is 0.323 e. The fourth-order valence-electron chi connectivity index (χ4n) is 3.86. The van der Waals surface area contributed by atoms with Gasteiger partial charge in [-0.25, -0.2) is 0 Å². The van der Waals surface area contributed by atoms with Crippen LogP contribution in [0.1, 0.15) is 26.2 Å². The molecule has 1 heterocycles. The normalized spacial score (nSPS) is 30.5. The summed E-state index contributed by atoms with van der Waals surface area (Å²) in [6.07, 6.45) is 2.97. The number of ether oxygens (including phenoxy) is 1. The van der Waals surface area contributed by atoms with E-state index in [2.05, 4.69) is 10.2 Å². The third-order valence-corrected chi connectivity index (χ3v) is 5.63. The molecule has 1 aliphatic heterocycles. The van der Waals surface area contributed by atoms with Gasteiger partial charge in [-0.3, -0.25) is 9.69 Å². The number of likely N-dealkylation sites (N-methyl/N-ethyl adjacent to an activating group) is 1. The van der Waals surface area contributed by atoms with Gasteiger partial charge in [-0.15, -0.1) is 0 Å². The lowest BCUT2D eigenvalue weighted by atomic mass is 9.99. The zero-order valence-corrected chi connectivity index (χ0v) is 14.2. The van der Waals surface area contributed by atoms with Gasteiger partial charge in [0.25, 0.3) is 0 Å². The molecule has 2 fully saturated rings. The Balaban J connectivity index is 1.81. The predicted molar refractivity (Wildman–Crippen MR) is 88.3 cm³/mol. The summed E-state index contributed by atoms with van der Waals surface area (Å²) in [4.78, 5) is 14.3. The zero-order chi connectivity index (χ0) is 15.9. The maximum atomic E-state index is 12.2. The summed E-state index contributed by atoms with van der Waals surface area (Å²) in [5.41, 5.74) is 0.714. The van der Waals surface area contributed by atoms with Crippen molar-refractivity contribution in [3.05, 3.63) is 28.2 Å². The molecule has 1 aromatic rings. The highest BCUT2D eigenvalue weighted by atomic mass is 35.5. The molecular formula is C16H20Cl2N2O2. The topological polar surface area (TPSA) is 41.6 Å². The van der Waals surface area contributed by atoms with E-state index in [4.69, 9.17) is 27.9 Å². The van der Waals surface area contributed by atoms with Crippen LogP contribution in [0.5, 0.6) is 0 Å². The van der Waals surface area contributed by atoms with Crippen molar-refractivity contribution in [3.8, 4) is 0 Å². The van der Waals surface area contributed by atoms with Crippen molar-refractivity contribution in [2.45, 2.75) is 37.9 Å². The van der Waals surface area contributed by atoms with Crippen LogP contribution in [-0.4, -0.2) is 36.2 Å². The number of fused-ring (bicyclic) bond motifs is 2. The molecule has 4 nitrogen and oxygen atoms in total. The van der Waals surface area contributed by atoms with E-state index in [1.54, 1.807) is 6.07 Å². The van der Waals surface area contributed by atoms with Gasteiger partial charge in [0.05, 0.1) is 22.3 Å². The number of hydrogen-bond acceptors (Lipinski definition) is 4. The van der Waals surface area contributed by atoms with Gasteiger partial charge in [-0.1, -0.05) is 23.2 Å². The Kier molecular flexibility index (Phi) is 4.27. The molecule has 6 heteroatoms. The highest BCUT2D eigenvalue weighted by Gasteiger charge is 2.57. The van der Waals surface area contributed by atoms with Crippen LogP contribution < -0.4 is 5.32 Å². The van der Waals surface area contributed by atoms with Gasteiger partial charge >= 0.3 is 5.97 Å². The van der Waals surface area contributed by atoms with Crippen molar-refractivity contribution in [2.24, 2.45) is 5.92 Å². The van der Waals surface area contributed by atoms with E-state index in [0.29, 0.717) is 22.6 Å². The van der Waals surface area contributed by atoms with Gasteiger partial charge < -0.3 is 10.1 Å². The van der Waals surface area contributed by atoms with Crippen LogP contribution in [0.25, 0.3) is 0 Å². The molecule has 120 valence electrons. The molecule has 1 aliphatic carbocycles. The minimum absolute atomic E-state index is 0.118. The predicted octanol–water partition coefficient (Wildman–Crippen LogP) is 3.78. The van der Waals surface area contributed by atoms with Crippen molar-refractivity contribution in [3.63, 3.8) is 0 Å². The van der Waals surface area contributed by atoms with Crippen LogP contribution in [0, 0.1) is 5.92 Å². The number of hydrogen-bond donors (Lipinski definition) is 1. The molecule has 0 amide bonds. The van der Waals surface area contributed by atoms with Crippen LogP contribution >= 0.6 is 23.2 Å². The number of carbonyl (C=O) groups excluding carboxylic acids is 1. The number of likely N-dealkylation sites (tertiary alicyclic amines) is 1. The number of nitrogens with zero attached hydrogens (tertiary/aromatic N) is 1. The number of rotatable bonds is 4. The summed E-state index contributed by atoms with van der Waals surface area (Å²) in [5.74, 6) is 0.229. The maximum absolute atomic E-state index is 12.2. The first-order valence-corrected chi connectivity index (χ1v) is 8.35. The lowest BCUT2D eigenvalue weighted by Crippen LogP contribution is -2.54. The second-order valence-electron chi connectivity index (χ2n) is 6.10. The molecule has 1 saturated heterocycles. The second-order valence-corrected chi connectivity index (χ2v) is 6.91. The largest absolute Gasteiger partial charge is 0.465 e. The van der Waals surface area contributed by atoms with E-state index in [1.165, 1.54) is 0 Å². The van der Waals surface area contributed by atoms with Crippen LogP contribution in [0.3, 0.4) is 0 Å². The fourth-order valence-corrected chi connectivity index (χ4v) is 4.15. The average Bonchev–Trinajstić information content (AvgIpc) is 2.99. The quantitative estimate of drug-likeness (QED) is 0.845. The SMILES string of the molecule is CCOC(=O)C1C2CCC(Nc3ccc(Cl)c(Cl)c3)(C2)N1C. The molecule has 3 unspecified atom stereocenters. The Bertz CT molecular complexity index is 596. The van der Waals surface area contributed by atoms with Crippen LogP contribution in [0.15, 0.2) is 18.2 Å². The lowest BCUT2D eigenvalue weighted by molar-refractivity contribution is -0.151. The molecule has 0 spiro atoms. The van der Waals surface area contributed by atoms with E-state index < -0.39 is 0 Å². The van der Waals surface area contributed by atoms with Crippen molar-refractivity contribution in [1.82, 2.24) is 4.90 Å². The standard InChI is InChI=1S/C16H20Cl2N2O2/c1-3-22-15(21)14-10-6-7-16(9-10,20(14)2)19-11-4-5-12(17)13(18)8-11/h4-5,8,10,14,19H,3,6-7,9H2,1-2H3. The van der Waals surface area contributed by atoms with Crippen molar-refractivity contribution >= 4 is 34.9 Å². The van der Waals surface area contributed by atoms with Gasteiger partial charge in [0, 0.05) is 5.69 Å². The Morgan fingerprint density at radius 2 is 2.23 bits per heavy atom. The van der Waals surface area contributed by atoms with Crippen molar-refractivity contribution in [2.75, 3.05) is 19.0 Å². The molecule has 0 aromatic heterocycles. The minimum atomic E-state index is -0.209. The molecule has 2 bridgehead atoms. The Morgan fingerprint density at radius 1 is 1.45 bits per heavy atom. The molecule has 1 aromatic carbocycles. The highest BCUT2D eigenvalue weighted by Crippen LogP contribution is 2.50.